The van der Waals surface area contributed by atoms with Gasteiger partial charge in [-0.3, -0.25) is 0 Å². The molecule has 1 fully saturated rings. The number of hydrogen-bond donors (Lipinski definition) is 1. The zero-order valence-electron chi connectivity index (χ0n) is 11.7. The molecule has 1 N–H and O–H groups in total. The fourth-order valence-electron chi connectivity index (χ4n) is 3.38. The Bertz CT molecular complexity index is 473. The molecule has 1 spiro atoms. The smallest absolute Gasteiger partial charge is 0.125 e. The summed E-state index contributed by atoms with van der Waals surface area (Å²) in [5.41, 5.74) is 0.513. The van der Waals surface area contributed by atoms with Gasteiger partial charge in [0.25, 0.3) is 0 Å². The Hall–Kier alpha value is -1.06. The lowest BCUT2D eigenvalue weighted by Gasteiger charge is -2.49. The molecule has 0 radical (unpaired) electrons. The Balaban J connectivity index is 1.91. The quantitative estimate of drug-likeness (QED) is 0.844. The summed E-state index contributed by atoms with van der Waals surface area (Å²) >= 11 is 0. The molecule has 0 bridgehead atoms. The van der Waals surface area contributed by atoms with Gasteiger partial charge in [-0.25, -0.2) is 0 Å². The largest absolute Gasteiger partial charge is 0.487 e. The molecule has 19 heavy (non-hydrogen) atoms. The third-order valence-corrected chi connectivity index (χ3v) is 4.62. The van der Waals surface area contributed by atoms with Crippen LogP contribution in [0.15, 0.2) is 24.3 Å². The second-order valence-corrected chi connectivity index (χ2v) is 6.12. The van der Waals surface area contributed by atoms with Gasteiger partial charge in [0.05, 0.1) is 18.3 Å². The van der Waals surface area contributed by atoms with Crippen LogP contribution in [0.4, 0.5) is 0 Å². The van der Waals surface area contributed by atoms with Gasteiger partial charge in [-0.2, -0.15) is 0 Å². The maximum atomic E-state index is 10.4. The van der Waals surface area contributed by atoms with Gasteiger partial charge in [0.1, 0.15) is 11.4 Å². The summed E-state index contributed by atoms with van der Waals surface area (Å²) in [6.45, 7) is 5.00. The molecule has 2 aliphatic rings. The van der Waals surface area contributed by atoms with E-state index < -0.39 is 6.10 Å². The molecule has 3 heteroatoms. The minimum Gasteiger partial charge on any atom is -0.487 e. The van der Waals surface area contributed by atoms with E-state index in [0.717, 1.165) is 30.6 Å². The summed E-state index contributed by atoms with van der Waals surface area (Å²) in [4.78, 5) is 0. The molecular formula is C16H22O3. The van der Waals surface area contributed by atoms with Crippen molar-refractivity contribution in [2.75, 3.05) is 6.61 Å². The number of rotatable bonds is 1. The van der Waals surface area contributed by atoms with Gasteiger partial charge in [-0.1, -0.05) is 25.1 Å². The highest BCUT2D eigenvalue weighted by Gasteiger charge is 2.48. The molecule has 3 nitrogen and oxygen atoms in total. The number of benzene rings is 1. The standard InChI is InChI=1S/C16H22O3/c1-3-15(2)11-16(8-9-18-15)10-13(17)12-6-4-5-7-14(12)19-16/h4-7,13,17H,3,8-11H2,1-2H3/t13-,15?,16?/m1/s1. The molecule has 2 heterocycles. The number of para-hydroxylation sites is 1. The van der Waals surface area contributed by atoms with Crippen LogP contribution in [0.25, 0.3) is 0 Å². The molecule has 3 atom stereocenters. The Labute approximate surface area is 114 Å². The van der Waals surface area contributed by atoms with Crippen LogP contribution in [0, 0.1) is 0 Å². The van der Waals surface area contributed by atoms with E-state index in [1.165, 1.54) is 0 Å². The maximum absolute atomic E-state index is 10.4. The van der Waals surface area contributed by atoms with Gasteiger partial charge in [0.2, 0.25) is 0 Å². The second-order valence-electron chi connectivity index (χ2n) is 6.12. The number of ether oxygens (including phenoxy) is 2. The van der Waals surface area contributed by atoms with Gasteiger partial charge in [0.15, 0.2) is 0 Å². The van der Waals surface area contributed by atoms with Gasteiger partial charge in [-0.15, -0.1) is 0 Å². The van der Waals surface area contributed by atoms with Crippen molar-refractivity contribution in [3.63, 3.8) is 0 Å². The summed E-state index contributed by atoms with van der Waals surface area (Å²) in [6, 6.07) is 7.82. The third-order valence-electron chi connectivity index (χ3n) is 4.62. The van der Waals surface area contributed by atoms with Crippen LogP contribution in [0.3, 0.4) is 0 Å². The van der Waals surface area contributed by atoms with E-state index in [1.54, 1.807) is 0 Å². The first-order chi connectivity index (χ1) is 9.06. The lowest BCUT2D eigenvalue weighted by molar-refractivity contribution is -0.160. The van der Waals surface area contributed by atoms with E-state index in [-0.39, 0.29) is 11.2 Å². The van der Waals surface area contributed by atoms with Crippen LogP contribution < -0.4 is 4.74 Å². The Morgan fingerprint density at radius 3 is 2.95 bits per heavy atom. The Morgan fingerprint density at radius 2 is 2.16 bits per heavy atom. The van der Waals surface area contributed by atoms with Crippen molar-refractivity contribution < 1.29 is 14.6 Å². The van der Waals surface area contributed by atoms with Crippen LogP contribution in [-0.4, -0.2) is 22.9 Å². The minimum absolute atomic E-state index is 0.135. The highest BCUT2D eigenvalue weighted by Crippen LogP contribution is 2.47. The van der Waals surface area contributed by atoms with Crippen molar-refractivity contribution in [3.8, 4) is 5.75 Å². The first-order valence-electron chi connectivity index (χ1n) is 7.16. The normalized spacial score (nSPS) is 37.7. The molecule has 0 aliphatic carbocycles. The Morgan fingerprint density at radius 1 is 1.37 bits per heavy atom. The Kier molecular flexibility index (Phi) is 3.06. The van der Waals surface area contributed by atoms with E-state index in [1.807, 2.05) is 24.3 Å². The average Bonchev–Trinajstić information content (AvgIpc) is 2.38. The van der Waals surface area contributed by atoms with Crippen molar-refractivity contribution in [2.45, 2.75) is 56.8 Å². The van der Waals surface area contributed by atoms with Crippen molar-refractivity contribution in [1.82, 2.24) is 0 Å². The van der Waals surface area contributed by atoms with Crippen LogP contribution in [0.5, 0.6) is 5.75 Å². The lowest BCUT2D eigenvalue weighted by Crippen LogP contribution is -2.52. The molecule has 1 saturated heterocycles. The van der Waals surface area contributed by atoms with E-state index >= 15 is 0 Å². The third kappa shape index (κ3) is 2.26. The van der Waals surface area contributed by atoms with Crippen molar-refractivity contribution in [2.24, 2.45) is 0 Å². The van der Waals surface area contributed by atoms with Crippen LogP contribution in [0.1, 0.15) is 51.2 Å². The van der Waals surface area contributed by atoms with Gasteiger partial charge >= 0.3 is 0 Å². The average molecular weight is 262 g/mol. The van der Waals surface area contributed by atoms with E-state index in [4.69, 9.17) is 9.47 Å². The van der Waals surface area contributed by atoms with Gasteiger partial charge < -0.3 is 14.6 Å². The first-order valence-corrected chi connectivity index (χ1v) is 7.16. The number of aliphatic hydroxyl groups is 1. The second kappa shape index (κ2) is 4.50. The zero-order valence-corrected chi connectivity index (χ0v) is 11.7. The molecule has 1 aromatic rings. The molecule has 3 rings (SSSR count). The fourth-order valence-corrected chi connectivity index (χ4v) is 3.38. The number of fused-ring (bicyclic) bond motifs is 1. The molecule has 0 aromatic heterocycles. The summed E-state index contributed by atoms with van der Waals surface area (Å²) < 4.78 is 12.2. The van der Waals surface area contributed by atoms with E-state index in [2.05, 4.69) is 13.8 Å². The number of aliphatic hydroxyl groups excluding tert-OH is 1. The summed E-state index contributed by atoms with van der Waals surface area (Å²) in [5.74, 6) is 0.835. The minimum atomic E-state index is -0.427. The molecule has 2 unspecified atom stereocenters. The number of hydrogen-bond acceptors (Lipinski definition) is 3. The van der Waals surface area contributed by atoms with Crippen molar-refractivity contribution in [1.29, 1.82) is 0 Å². The maximum Gasteiger partial charge on any atom is 0.125 e. The lowest BCUT2D eigenvalue weighted by atomic mass is 9.76. The highest BCUT2D eigenvalue weighted by atomic mass is 16.5. The SMILES string of the molecule is CCC1(C)CC2(CCO1)C[C@@H](O)c1ccccc1O2. The molecule has 0 saturated carbocycles. The summed E-state index contributed by atoms with van der Waals surface area (Å²) in [5, 5.41) is 10.4. The van der Waals surface area contributed by atoms with Crippen LogP contribution in [-0.2, 0) is 4.74 Å². The predicted molar refractivity (Wildman–Crippen MR) is 73.3 cm³/mol. The molecule has 1 aromatic carbocycles. The fraction of sp³-hybridized carbons (Fsp3) is 0.625. The summed E-state index contributed by atoms with van der Waals surface area (Å²) in [7, 11) is 0. The monoisotopic (exact) mass is 262 g/mol. The van der Waals surface area contributed by atoms with Crippen molar-refractivity contribution in [3.05, 3.63) is 29.8 Å². The molecular weight excluding hydrogens is 240 g/mol. The summed E-state index contributed by atoms with van der Waals surface area (Å²) in [6.07, 6.45) is 2.92. The van der Waals surface area contributed by atoms with Gasteiger partial charge in [0, 0.05) is 24.8 Å². The van der Waals surface area contributed by atoms with Crippen molar-refractivity contribution >= 4 is 0 Å². The first kappa shape index (κ1) is 12.9. The molecule has 104 valence electrons. The van der Waals surface area contributed by atoms with E-state index in [0.29, 0.717) is 13.0 Å². The van der Waals surface area contributed by atoms with Crippen LogP contribution >= 0.6 is 0 Å². The molecule has 2 aliphatic heterocycles. The zero-order chi connectivity index (χ0) is 13.5. The van der Waals surface area contributed by atoms with Crippen LogP contribution in [0.2, 0.25) is 0 Å². The molecule has 0 amide bonds. The topological polar surface area (TPSA) is 38.7 Å². The highest BCUT2D eigenvalue weighted by molar-refractivity contribution is 5.38. The predicted octanol–water partition coefficient (Wildman–Crippen LogP) is 3.22. The van der Waals surface area contributed by atoms with Gasteiger partial charge in [-0.05, 0) is 19.4 Å². The van der Waals surface area contributed by atoms with E-state index in [9.17, 15) is 5.11 Å².